The average molecular weight is 173 g/mol. The van der Waals surface area contributed by atoms with Crippen molar-refractivity contribution in [2.45, 2.75) is 6.05 Å². The minimum atomic E-state index is -3.98. The Morgan fingerprint density at radius 1 is 1.25 bits per heavy atom. The zero-order chi connectivity index (χ0) is 9.19. The highest BCUT2D eigenvalue weighted by atomic mass is 19.3. The minimum Gasteiger partial charge on any atom is -0.259 e. The Balaban J connectivity index is 3.06. The Morgan fingerprint density at radius 3 is 2.17 bits per heavy atom. The first-order chi connectivity index (χ1) is 5.55. The summed E-state index contributed by atoms with van der Waals surface area (Å²) >= 11 is 0. The molecule has 3 nitrogen and oxygen atoms in total. The standard InChI is InChI=1S/C7H5F2NO2/c8-7(9,10(11)12)6-4-2-1-3-5-6/h1-5H. The van der Waals surface area contributed by atoms with E-state index in [1.54, 1.807) is 0 Å². The summed E-state index contributed by atoms with van der Waals surface area (Å²) in [7, 11) is 0. The van der Waals surface area contributed by atoms with Crippen LogP contribution in [-0.2, 0) is 6.05 Å². The lowest BCUT2D eigenvalue weighted by atomic mass is 10.2. The molecule has 0 unspecified atom stereocenters. The van der Waals surface area contributed by atoms with Gasteiger partial charge in [-0.3, -0.25) is 10.1 Å². The van der Waals surface area contributed by atoms with Crippen LogP contribution in [0, 0.1) is 10.1 Å². The molecule has 1 rings (SSSR count). The van der Waals surface area contributed by atoms with Gasteiger partial charge < -0.3 is 0 Å². The molecular weight excluding hydrogens is 168 g/mol. The molecule has 0 aliphatic rings. The fourth-order valence-corrected chi connectivity index (χ4v) is 0.744. The predicted octanol–water partition coefficient (Wildman–Crippen LogP) is 2.01. The van der Waals surface area contributed by atoms with Crippen molar-refractivity contribution in [1.29, 1.82) is 0 Å². The summed E-state index contributed by atoms with van der Waals surface area (Å²) < 4.78 is 25.2. The quantitative estimate of drug-likeness (QED) is 0.390. The second-order valence-corrected chi connectivity index (χ2v) is 2.16. The predicted molar refractivity (Wildman–Crippen MR) is 37.3 cm³/mol. The summed E-state index contributed by atoms with van der Waals surface area (Å²) in [6.45, 7) is 0. The molecule has 0 fully saturated rings. The first-order valence-corrected chi connectivity index (χ1v) is 3.13. The molecule has 0 radical (unpaired) electrons. The van der Waals surface area contributed by atoms with E-state index in [2.05, 4.69) is 0 Å². The molecule has 0 bridgehead atoms. The van der Waals surface area contributed by atoms with Crippen molar-refractivity contribution in [3.8, 4) is 0 Å². The van der Waals surface area contributed by atoms with Gasteiger partial charge >= 0.3 is 6.05 Å². The van der Waals surface area contributed by atoms with Crippen LogP contribution in [0.3, 0.4) is 0 Å². The van der Waals surface area contributed by atoms with Crippen LogP contribution in [0.25, 0.3) is 0 Å². The second-order valence-electron chi connectivity index (χ2n) is 2.16. The van der Waals surface area contributed by atoms with Crippen molar-refractivity contribution in [3.63, 3.8) is 0 Å². The summed E-state index contributed by atoms with van der Waals surface area (Å²) in [5.74, 6) is 0. The molecule has 0 N–H and O–H groups in total. The van der Waals surface area contributed by atoms with Crippen LogP contribution in [0.4, 0.5) is 8.78 Å². The fourth-order valence-electron chi connectivity index (χ4n) is 0.744. The Labute approximate surface area is 66.8 Å². The molecule has 0 amide bonds. The van der Waals surface area contributed by atoms with Gasteiger partial charge in [0.1, 0.15) is 10.5 Å². The molecule has 0 spiro atoms. The van der Waals surface area contributed by atoms with Crippen LogP contribution in [0.5, 0.6) is 0 Å². The highest BCUT2D eigenvalue weighted by molar-refractivity contribution is 5.17. The van der Waals surface area contributed by atoms with E-state index in [0.29, 0.717) is 0 Å². The maximum absolute atomic E-state index is 12.6. The van der Waals surface area contributed by atoms with Gasteiger partial charge in [-0.05, 0) is 12.1 Å². The van der Waals surface area contributed by atoms with E-state index in [0.717, 1.165) is 12.1 Å². The second kappa shape index (κ2) is 2.84. The van der Waals surface area contributed by atoms with Gasteiger partial charge in [0, 0.05) is 0 Å². The number of nitrogens with zero attached hydrogens (tertiary/aromatic N) is 1. The van der Waals surface area contributed by atoms with Crippen LogP contribution < -0.4 is 0 Å². The van der Waals surface area contributed by atoms with E-state index in [9.17, 15) is 18.9 Å². The summed E-state index contributed by atoms with van der Waals surface area (Å²) in [4.78, 5) is 8.27. The lowest BCUT2D eigenvalue weighted by molar-refractivity contribution is -0.656. The molecule has 0 aliphatic carbocycles. The van der Waals surface area contributed by atoms with Crippen LogP contribution >= 0.6 is 0 Å². The number of halogens is 2. The Kier molecular flexibility index (Phi) is 2.03. The molecule has 0 saturated heterocycles. The van der Waals surface area contributed by atoms with E-state index in [-0.39, 0.29) is 0 Å². The van der Waals surface area contributed by atoms with Gasteiger partial charge in [-0.2, -0.15) is 0 Å². The third-order valence-corrected chi connectivity index (χ3v) is 1.35. The third-order valence-electron chi connectivity index (χ3n) is 1.35. The number of benzene rings is 1. The Bertz CT molecular complexity index is 287. The molecule has 0 atom stereocenters. The molecule has 0 aliphatic heterocycles. The highest BCUT2D eigenvalue weighted by Crippen LogP contribution is 2.27. The molecule has 1 aromatic rings. The molecule has 0 saturated carbocycles. The topological polar surface area (TPSA) is 43.1 Å². The van der Waals surface area contributed by atoms with Crippen LogP contribution in [-0.4, -0.2) is 4.92 Å². The van der Waals surface area contributed by atoms with Crippen molar-refractivity contribution in [1.82, 2.24) is 0 Å². The molecule has 1 aromatic carbocycles. The van der Waals surface area contributed by atoms with Gasteiger partial charge in [-0.15, -0.1) is 8.78 Å². The largest absolute Gasteiger partial charge is 0.539 e. The van der Waals surface area contributed by atoms with Gasteiger partial charge in [0.25, 0.3) is 0 Å². The zero-order valence-electron chi connectivity index (χ0n) is 5.91. The monoisotopic (exact) mass is 173 g/mol. The fraction of sp³-hybridized carbons (Fsp3) is 0.143. The SMILES string of the molecule is O=[N+]([O-])C(F)(F)c1ccccc1. The summed E-state index contributed by atoms with van der Waals surface area (Å²) in [6.07, 6.45) is 0. The van der Waals surface area contributed by atoms with E-state index in [4.69, 9.17) is 0 Å². The minimum absolute atomic E-state index is 0.602. The summed E-state index contributed by atoms with van der Waals surface area (Å²) in [5.41, 5.74) is -0.602. The van der Waals surface area contributed by atoms with Crippen molar-refractivity contribution in [3.05, 3.63) is 46.0 Å². The molecule has 64 valence electrons. The third kappa shape index (κ3) is 1.39. The zero-order valence-corrected chi connectivity index (χ0v) is 5.91. The molecular formula is C7H5F2NO2. The molecule has 5 heteroatoms. The highest BCUT2D eigenvalue weighted by Gasteiger charge is 2.45. The summed E-state index contributed by atoms with van der Waals surface area (Å²) in [5, 5.41) is 9.88. The molecule has 0 heterocycles. The first-order valence-electron chi connectivity index (χ1n) is 3.13. The van der Waals surface area contributed by atoms with Crippen molar-refractivity contribution in [2.75, 3.05) is 0 Å². The molecule has 12 heavy (non-hydrogen) atoms. The van der Waals surface area contributed by atoms with Gasteiger partial charge in [0.05, 0.1) is 0 Å². The van der Waals surface area contributed by atoms with Gasteiger partial charge in [0.2, 0.25) is 0 Å². The van der Waals surface area contributed by atoms with Crippen molar-refractivity contribution >= 4 is 0 Å². The van der Waals surface area contributed by atoms with Gasteiger partial charge in [-0.1, -0.05) is 18.2 Å². The first kappa shape index (κ1) is 8.58. The molecule has 0 aromatic heterocycles. The number of hydrogen-bond donors (Lipinski definition) is 0. The lowest BCUT2D eigenvalue weighted by Gasteiger charge is -2.05. The maximum Gasteiger partial charge on any atom is 0.539 e. The van der Waals surface area contributed by atoms with Gasteiger partial charge in [-0.25, -0.2) is 0 Å². The smallest absolute Gasteiger partial charge is 0.259 e. The van der Waals surface area contributed by atoms with Crippen molar-refractivity contribution in [2.24, 2.45) is 0 Å². The Morgan fingerprint density at radius 2 is 1.75 bits per heavy atom. The number of rotatable bonds is 2. The maximum atomic E-state index is 12.6. The van der Waals surface area contributed by atoms with E-state index in [1.165, 1.54) is 18.2 Å². The van der Waals surface area contributed by atoms with E-state index < -0.39 is 16.5 Å². The number of alkyl halides is 2. The van der Waals surface area contributed by atoms with E-state index in [1.807, 2.05) is 0 Å². The van der Waals surface area contributed by atoms with Gasteiger partial charge in [0.15, 0.2) is 0 Å². The van der Waals surface area contributed by atoms with Crippen LogP contribution in [0.1, 0.15) is 5.56 Å². The lowest BCUT2D eigenvalue weighted by Crippen LogP contribution is -2.24. The summed E-state index contributed by atoms with van der Waals surface area (Å²) in [6, 6.07) is 2.21. The normalized spacial score (nSPS) is 11.2. The van der Waals surface area contributed by atoms with E-state index >= 15 is 0 Å². The average Bonchev–Trinajstić information content (AvgIpc) is 2.06. The van der Waals surface area contributed by atoms with Crippen LogP contribution in [0.15, 0.2) is 30.3 Å². The Hall–Kier alpha value is -1.52. The van der Waals surface area contributed by atoms with Crippen LogP contribution in [0.2, 0.25) is 0 Å². The number of nitro groups is 1. The van der Waals surface area contributed by atoms with Crippen molar-refractivity contribution < 1.29 is 13.7 Å². The number of hydrogen-bond acceptors (Lipinski definition) is 2.